The molecule has 146 valence electrons. The van der Waals surface area contributed by atoms with Gasteiger partial charge in [0, 0.05) is 27.7 Å². The number of hydrogen-bond acceptors (Lipinski definition) is 3. The minimum Gasteiger partial charge on any atom is -0.505 e. The highest BCUT2D eigenvalue weighted by molar-refractivity contribution is 6.31. The Kier molecular flexibility index (Phi) is 5.42. The molecule has 0 spiro atoms. The van der Waals surface area contributed by atoms with E-state index in [4.69, 9.17) is 17.3 Å². The number of nitrogens with zero attached hydrogens (tertiary/aromatic N) is 1. The number of nitrogens with two attached hydrogens (primary N) is 1. The van der Waals surface area contributed by atoms with E-state index in [9.17, 15) is 19.1 Å². The van der Waals surface area contributed by atoms with Crippen molar-refractivity contribution >= 4 is 34.3 Å². The highest BCUT2D eigenvalue weighted by Gasteiger charge is 2.28. The Morgan fingerprint density at radius 2 is 2.00 bits per heavy atom. The summed E-state index contributed by atoms with van der Waals surface area (Å²) in [5.41, 5.74) is 7.19. The molecular formula is C21H20ClFN2O3. The number of amides is 1. The fraction of sp³-hybridized carbons (Fsp3) is 0.238. The standard InChI is InChI=1S/C21H20ClFN2O3/c1-3-5-14(20(24)27)19-11(2)25(17-10-16(23)18(26)9-15(17)19)21(28)12-6-4-7-13(22)8-12/h4,6-10,14,26H,3,5H2,1-2H3,(H2,24,27). The molecule has 0 fully saturated rings. The maximum absolute atomic E-state index is 14.1. The molecule has 5 nitrogen and oxygen atoms in total. The summed E-state index contributed by atoms with van der Waals surface area (Å²) in [6, 6.07) is 8.74. The zero-order chi connectivity index (χ0) is 20.6. The average molecular weight is 403 g/mol. The molecule has 0 radical (unpaired) electrons. The van der Waals surface area contributed by atoms with E-state index in [0.29, 0.717) is 40.1 Å². The zero-order valence-corrected chi connectivity index (χ0v) is 16.3. The summed E-state index contributed by atoms with van der Waals surface area (Å²) in [5, 5.41) is 10.7. The predicted octanol–water partition coefficient (Wildman–Crippen LogP) is 4.51. The van der Waals surface area contributed by atoms with Gasteiger partial charge in [-0.25, -0.2) is 4.39 Å². The number of phenolic OH excluding ortho intramolecular Hbond substituents is 1. The fourth-order valence-corrected chi connectivity index (χ4v) is 3.81. The third-order valence-corrected chi connectivity index (χ3v) is 5.10. The van der Waals surface area contributed by atoms with Crippen molar-refractivity contribution in [3.8, 4) is 5.75 Å². The average Bonchev–Trinajstić information content (AvgIpc) is 2.90. The van der Waals surface area contributed by atoms with Crippen LogP contribution in [0.1, 0.15) is 47.3 Å². The Hall–Kier alpha value is -2.86. The first kappa shape index (κ1) is 19.9. The third kappa shape index (κ3) is 3.36. The van der Waals surface area contributed by atoms with Crippen molar-refractivity contribution in [2.45, 2.75) is 32.6 Å². The molecule has 0 aliphatic carbocycles. The van der Waals surface area contributed by atoms with Gasteiger partial charge in [0.25, 0.3) is 5.91 Å². The van der Waals surface area contributed by atoms with Crippen LogP contribution in [0.15, 0.2) is 36.4 Å². The van der Waals surface area contributed by atoms with Gasteiger partial charge >= 0.3 is 0 Å². The number of rotatable bonds is 5. The van der Waals surface area contributed by atoms with Crippen molar-refractivity contribution in [2.75, 3.05) is 0 Å². The highest BCUT2D eigenvalue weighted by atomic mass is 35.5. The molecule has 1 amide bonds. The fourth-order valence-electron chi connectivity index (χ4n) is 3.62. The number of halogens is 2. The van der Waals surface area contributed by atoms with Crippen LogP contribution in [0, 0.1) is 12.7 Å². The SMILES string of the molecule is CCCC(C(N)=O)c1c(C)n(C(=O)c2cccc(Cl)c2)c2cc(F)c(O)cc12. The van der Waals surface area contributed by atoms with E-state index in [1.165, 1.54) is 16.7 Å². The van der Waals surface area contributed by atoms with Gasteiger partial charge in [-0.2, -0.15) is 0 Å². The monoisotopic (exact) mass is 402 g/mol. The smallest absolute Gasteiger partial charge is 0.262 e. The lowest BCUT2D eigenvalue weighted by Gasteiger charge is -2.14. The van der Waals surface area contributed by atoms with Crippen molar-refractivity contribution < 1.29 is 19.1 Å². The molecule has 0 saturated heterocycles. The number of phenols is 1. The second kappa shape index (κ2) is 7.64. The van der Waals surface area contributed by atoms with Gasteiger partial charge in [-0.05, 0) is 43.2 Å². The summed E-state index contributed by atoms with van der Waals surface area (Å²) in [6.07, 6.45) is 1.16. The molecular weight excluding hydrogens is 383 g/mol. The molecule has 1 aromatic heterocycles. The number of aromatic nitrogens is 1. The van der Waals surface area contributed by atoms with Crippen molar-refractivity contribution in [1.29, 1.82) is 0 Å². The Bertz CT molecular complexity index is 1090. The second-order valence-corrected chi connectivity index (χ2v) is 7.15. The van der Waals surface area contributed by atoms with Crippen LogP contribution in [-0.2, 0) is 4.79 Å². The third-order valence-electron chi connectivity index (χ3n) is 4.87. The van der Waals surface area contributed by atoms with E-state index < -0.39 is 29.3 Å². The quantitative estimate of drug-likeness (QED) is 0.658. The van der Waals surface area contributed by atoms with E-state index in [0.717, 1.165) is 6.07 Å². The highest BCUT2D eigenvalue weighted by Crippen LogP contribution is 2.37. The molecule has 3 N–H and O–H groups in total. The summed E-state index contributed by atoms with van der Waals surface area (Å²) in [4.78, 5) is 25.3. The second-order valence-electron chi connectivity index (χ2n) is 6.71. The van der Waals surface area contributed by atoms with Crippen LogP contribution in [0.3, 0.4) is 0 Å². The molecule has 3 aromatic rings. The number of carbonyl (C=O) groups is 2. The van der Waals surface area contributed by atoms with Crippen LogP contribution in [0.25, 0.3) is 10.9 Å². The summed E-state index contributed by atoms with van der Waals surface area (Å²) >= 11 is 6.00. The van der Waals surface area contributed by atoms with Gasteiger partial charge in [-0.15, -0.1) is 0 Å². The molecule has 7 heteroatoms. The molecule has 1 unspecified atom stereocenters. The molecule has 0 saturated carbocycles. The van der Waals surface area contributed by atoms with Gasteiger partial charge in [-0.3, -0.25) is 14.2 Å². The number of hydrogen-bond donors (Lipinski definition) is 2. The topological polar surface area (TPSA) is 85.3 Å². The predicted molar refractivity (Wildman–Crippen MR) is 106 cm³/mol. The first-order chi connectivity index (χ1) is 13.3. The van der Waals surface area contributed by atoms with Gasteiger partial charge in [-0.1, -0.05) is 31.0 Å². The Morgan fingerprint density at radius 1 is 1.29 bits per heavy atom. The van der Waals surface area contributed by atoms with E-state index in [1.807, 2.05) is 6.92 Å². The van der Waals surface area contributed by atoms with Crippen molar-refractivity contribution in [3.05, 3.63) is 64.1 Å². The Balaban J connectivity index is 2.34. The van der Waals surface area contributed by atoms with Crippen LogP contribution < -0.4 is 5.73 Å². The molecule has 28 heavy (non-hydrogen) atoms. The first-order valence-corrected chi connectivity index (χ1v) is 9.27. The Labute approximate surface area is 166 Å². The molecule has 0 bridgehead atoms. The van der Waals surface area contributed by atoms with Crippen LogP contribution in [-0.4, -0.2) is 21.5 Å². The van der Waals surface area contributed by atoms with Crippen LogP contribution >= 0.6 is 11.6 Å². The first-order valence-electron chi connectivity index (χ1n) is 8.89. The molecule has 0 aliphatic rings. The number of benzene rings is 2. The van der Waals surface area contributed by atoms with Gasteiger partial charge in [0.1, 0.15) is 0 Å². The van der Waals surface area contributed by atoms with E-state index in [1.54, 1.807) is 25.1 Å². The maximum atomic E-state index is 14.1. The lowest BCUT2D eigenvalue weighted by Crippen LogP contribution is -2.22. The minimum atomic E-state index is -0.859. The largest absolute Gasteiger partial charge is 0.505 e. The van der Waals surface area contributed by atoms with Gasteiger partial charge in [0.2, 0.25) is 5.91 Å². The molecule has 1 atom stereocenters. The van der Waals surface area contributed by atoms with Crippen molar-refractivity contribution in [1.82, 2.24) is 4.57 Å². The maximum Gasteiger partial charge on any atom is 0.262 e. The van der Waals surface area contributed by atoms with Gasteiger partial charge in [0.15, 0.2) is 11.6 Å². The van der Waals surface area contributed by atoms with Crippen molar-refractivity contribution in [3.63, 3.8) is 0 Å². The van der Waals surface area contributed by atoms with E-state index in [-0.39, 0.29) is 5.52 Å². The number of fused-ring (bicyclic) bond motifs is 1. The number of aromatic hydroxyl groups is 1. The minimum absolute atomic E-state index is 0.259. The molecule has 2 aromatic carbocycles. The summed E-state index contributed by atoms with van der Waals surface area (Å²) in [6.45, 7) is 3.59. The van der Waals surface area contributed by atoms with E-state index >= 15 is 0 Å². The zero-order valence-electron chi connectivity index (χ0n) is 15.5. The summed E-state index contributed by atoms with van der Waals surface area (Å²) in [5.74, 6) is -3.03. The lowest BCUT2D eigenvalue weighted by molar-refractivity contribution is -0.119. The lowest BCUT2D eigenvalue weighted by atomic mass is 9.91. The molecule has 0 aliphatic heterocycles. The number of primary amides is 1. The summed E-state index contributed by atoms with van der Waals surface area (Å²) in [7, 11) is 0. The van der Waals surface area contributed by atoms with Crippen LogP contribution in [0.5, 0.6) is 5.75 Å². The van der Waals surface area contributed by atoms with Gasteiger partial charge in [0.05, 0.1) is 11.4 Å². The number of carbonyl (C=O) groups excluding carboxylic acids is 2. The van der Waals surface area contributed by atoms with Crippen LogP contribution in [0.4, 0.5) is 4.39 Å². The normalized spacial score (nSPS) is 12.3. The Morgan fingerprint density at radius 3 is 2.61 bits per heavy atom. The van der Waals surface area contributed by atoms with E-state index in [2.05, 4.69) is 0 Å². The molecule has 1 heterocycles. The molecule has 3 rings (SSSR count). The van der Waals surface area contributed by atoms with Crippen LogP contribution in [0.2, 0.25) is 5.02 Å². The van der Waals surface area contributed by atoms with Crippen molar-refractivity contribution in [2.24, 2.45) is 5.73 Å². The summed E-state index contributed by atoms with van der Waals surface area (Å²) < 4.78 is 15.5. The van der Waals surface area contributed by atoms with Gasteiger partial charge < -0.3 is 10.8 Å².